The molecule has 0 saturated carbocycles. The lowest BCUT2D eigenvalue weighted by Crippen LogP contribution is -2.39. The molecule has 2 atom stereocenters. The van der Waals surface area contributed by atoms with E-state index in [0.29, 0.717) is 6.61 Å². The normalized spacial score (nSPS) is 21.0. The first-order chi connectivity index (χ1) is 12.0. The standard InChI is InChI=1S/C22H26N2O/c1-22(2,3)24-14-19(13-23)21(15-24)18-9-11-20(12-10-18)25-16-17-7-5-4-6-8-17/h4-12,19,21H,14-16H2,1-3H3/t19-,21+/m0/s1. The van der Waals surface area contributed by atoms with Gasteiger partial charge in [0.2, 0.25) is 0 Å². The molecule has 0 amide bonds. The summed E-state index contributed by atoms with van der Waals surface area (Å²) >= 11 is 0. The lowest BCUT2D eigenvalue weighted by molar-refractivity contribution is 0.170. The first-order valence-corrected chi connectivity index (χ1v) is 8.89. The number of nitrogens with zero attached hydrogens (tertiary/aromatic N) is 2. The van der Waals surface area contributed by atoms with Gasteiger partial charge in [-0.05, 0) is 44.0 Å². The van der Waals surface area contributed by atoms with Gasteiger partial charge >= 0.3 is 0 Å². The van der Waals surface area contributed by atoms with Crippen LogP contribution in [-0.4, -0.2) is 23.5 Å². The monoisotopic (exact) mass is 334 g/mol. The Kier molecular flexibility index (Phi) is 5.11. The zero-order valence-electron chi connectivity index (χ0n) is 15.3. The Bertz CT molecular complexity index is 725. The van der Waals surface area contributed by atoms with Gasteiger partial charge in [-0.1, -0.05) is 42.5 Å². The van der Waals surface area contributed by atoms with Crippen LogP contribution in [-0.2, 0) is 6.61 Å². The average Bonchev–Trinajstić information content (AvgIpc) is 3.06. The quantitative estimate of drug-likeness (QED) is 0.819. The smallest absolute Gasteiger partial charge is 0.119 e. The summed E-state index contributed by atoms with van der Waals surface area (Å²) in [7, 11) is 0. The summed E-state index contributed by atoms with van der Waals surface area (Å²) in [6, 6.07) is 20.9. The van der Waals surface area contributed by atoms with Gasteiger partial charge in [-0.3, -0.25) is 4.90 Å². The molecule has 0 bridgehead atoms. The van der Waals surface area contributed by atoms with Crippen molar-refractivity contribution in [2.24, 2.45) is 5.92 Å². The van der Waals surface area contributed by atoms with E-state index < -0.39 is 0 Å². The van der Waals surface area contributed by atoms with Crippen molar-refractivity contribution in [2.75, 3.05) is 13.1 Å². The molecule has 25 heavy (non-hydrogen) atoms. The van der Waals surface area contributed by atoms with Crippen LogP contribution >= 0.6 is 0 Å². The molecule has 0 unspecified atom stereocenters. The molecule has 1 heterocycles. The SMILES string of the molecule is CC(C)(C)N1C[C@H](c2ccc(OCc3ccccc3)cc2)[C@@H](C#N)C1. The van der Waals surface area contributed by atoms with Gasteiger partial charge in [0.1, 0.15) is 12.4 Å². The van der Waals surface area contributed by atoms with Gasteiger partial charge in [0.05, 0.1) is 12.0 Å². The number of nitriles is 1. The first-order valence-electron chi connectivity index (χ1n) is 8.89. The van der Waals surface area contributed by atoms with Crippen molar-refractivity contribution in [1.29, 1.82) is 5.26 Å². The third-order valence-corrected chi connectivity index (χ3v) is 4.99. The van der Waals surface area contributed by atoms with Crippen molar-refractivity contribution in [3.05, 3.63) is 65.7 Å². The maximum Gasteiger partial charge on any atom is 0.119 e. The minimum Gasteiger partial charge on any atom is -0.489 e. The summed E-state index contributed by atoms with van der Waals surface area (Å²) in [5.74, 6) is 1.19. The zero-order valence-corrected chi connectivity index (χ0v) is 15.3. The van der Waals surface area contributed by atoms with E-state index in [0.717, 1.165) is 24.4 Å². The van der Waals surface area contributed by atoms with Crippen LogP contribution in [0.4, 0.5) is 0 Å². The Balaban J connectivity index is 1.66. The molecule has 0 N–H and O–H groups in total. The number of likely N-dealkylation sites (tertiary alicyclic amines) is 1. The molecule has 3 rings (SSSR count). The fourth-order valence-electron chi connectivity index (χ4n) is 3.37. The average molecular weight is 334 g/mol. The molecule has 3 heteroatoms. The Morgan fingerprint density at radius 2 is 1.72 bits per heavy atom. The second-order valence-corrected chi connectivity index (χ2v) is 7.76. The Labute approximate surface area is 150 Å². The van der Waals surface area contributed by atoms with E-state index in [4.69, 9.17) is 4.74 Å². The molecular formula is C22H26N2O. The molecule has 0 spiro atoms. The highest BCUT2D eigenvalue weighted by Crippen LogP contribution is 2.36. The molecule has 0 radical (unpaired) electrons. The minimum atomic E-state index is 0.0512. The van der Waals surface area contributed by atoms with E-state index in [1.54, 1.807) is 0 Å². The van der Waals surface area contributed by atoms with Crippen LogP contribution < -0.4 is 4.74 Å². The van der Waals surface area contributed by atoms with Crippen LogP contribution in [0.5, 0.6) is 5.75 Å². The third-order valence-electron chi connectivity index (χ3n) is 4.99. The van der Waals surface area contributed by atoms with E-state index in [-0.39, 0.29) is 17.4 Å². The van der Waals surface area contributed by atoms with Crippen LogP contribution in [0.25, 0.3) is 0 Å². The summed E-state index contributed by atoms with van der Waals surface area (Å²) < 4.78 is 5.86. The fraction of sp³-hybridized carbons (Fsp3) is 0.409. The van der Waals surface area contributed by atoms with Crippen molar-refractivity contribution in [1.82, 2.24) is 4.90 Å². The highest BCUT2D eigenvalue weighted by atomic mass is 16.5. The van der Waals surface area contributed by atoms with E-state index in [1.807, 2.05) is 30.3 Å². The summed E-state index contributed by atoms with van der Waals surface area (Å²) in [6.07, 6.45) is 0. The van der Waals surface area contributed by atoms with Gasteiger partial charge in [0.25, 0.3) is 0 Å². The second kappa shape index (κ2) is 7.29. The van der Waals surface area contributed by atoms with Gasteiger partial charge in [0, 0.05) is 24.5 Å². The lowest BCUT2D eigenvalue weighted by Gasteiger charge is -2.31. The van der Waals surface area contributed by atoms with Crippen LogP contribution in [0.1, 0.15) is 37.8 Å². The van der Waals surface area contributed by atoms with Gasteiger partial charge in [-0.25, -0.2) is 0 Å². The van der Waals surface area contributed by atoms with Crippen molar-refractivity contribution in [3.63, 3.8) is 0 Å². The predicted octanol–water partition coefficient (Wildman–Crippen LogP) is 4.60. The van der Waals surface area contributed by atoms with E-state index in [2.05, 4.69) is 56.0 Å². The molecule has 1 aliphatic rings. The van der Waals surface area contributed by atoms with Crippen molar-refractivity contribution in [2.45, 2.75) is 38.8 Å². The zero-order chi connectivity index (χ0) is 17.9. The Morgan fingerprint density at radius 3 is 2.32 bits per heavy atom. The minimum absolute atomic E-state index is 0.0512. The molecule has 2 aromatic rings. The summed E-state index contributed by atoms with van der Waals surface area (Å²) in [5, 5.41) is 9.54. The third kappa shape index (κ3) is 4.21. The Hall–Kier alpha value is -2.31. The van der Waals surface area contributed by atoms with Gasteiger partial charge in [-0.2, -0.15) is 5.26 Å². The summed E-state index contributed by atoms with van der Waals surface area (Å²) in [4.78, 5) is 2.41. The molecule has 1 fully saturated rings. The highest BCUT2D eigenvalue weighted by molar-refractivity contribution is 5.32. The second-order valence-electron chi connectivity index (χ2n) is 7.76. The maximum absolute atomic E-state index is 9.54. The van der Waals surface area contributed by atoms with Gasteiger partial charge in [-0.15, -0.1) is 0 Å². The predicted molar refractivity (Wildman–Crippen MR) is 100 cm³/mol. The van der Waals surface area contributed by atoms with E-state index >= 15 is 0 Å². The van der Waals surface area contributed by atoms with Crippen LogP contribution in [0.15, 0.2) is 54.6 Å². The van der Waals surface area contributed by atoms with Gasteiger partial charge in [0.15, 0.2) is 0 Å². The number of ether oxygens (including phenoxy) is 1. The van der Waals surface area contributed by atoms with Crippen LogP contribution in [0, 0.1) is 17.2 Å². The molecule has 0 aliphatic carbocycles. The van der Waals surface area contributed by atoms with Crippen molar-refractivity contribution >= 4 is 0 Å². The van der Waals surface area contributed by atoms with E-state index in [1.165, 1.54) is 5.56 Å². The van der Waals surface area contributed by atoms with Gasteiger partial charge < -0.3 is 4.74 Å². The van der Waals surface area contributed by atoms with Crippen LogP contribution in [0.3, 0.4) is 0 Å². The largest absolute Gasteiger partial charge is 0.489 e. The number of rotatable bonds is 4. The molecule has 2 aromatic carbocycles. The highest BCUT2D eigenvalue weighted by Gasteiger charge is 2.38. The first kappa shape index (κ1) is 17.5. The summed E-state index contributed by atoms with van der Waals surface area (Å²) in [5.41, 5.74) is 2.49. The lowest BCUT2D eigenvalue weighted by atomic mass is 9.90. The molecule has 1 saturated heterocycles. The number of hydrogen-bond acceptors (Lipinski definition) is 3. The van der Waals surface area contributed by atoms with Crippen molar-refractivity contribution < 1.29 is 4.74 Å². The van der Waals surface area contributed by atoms with E-state index in [9.17, 15) is 5.26 Å². The molecule has 130 valence electrons. The topological polar surface area (TPSA) is 36.3 Å². The Morgan fingerprint density at radius 1 is 1.04 bits per heavy atom. The summed E-state index contributed by atoms with van der Waals surface area (Å²) in [6.45, 7) is 8.99. The van der Waals surface area contributed by atoms with Crippen LogP contribution in [0.2, 0.25) is 0 Å². The maximum atomic E-state index is 9.54. The molecular weight excluding hydrogens is 308 g/mol. The molecule has 0 aromatic heterocycles. The van der Waals surface area contributed by atoms with Crippen molar-refractivity contribution in [3.8, 4) is 11.8 Å². The number of hydrogen-bond donors (Lipinski definition) is 0. The molecule has 3 nitrogen and oxygen atoms in total. The molecule has 1 aliphatic heterocycles. The fourth-order valence-corrected chi connectivity index (χ4v) is 3.37. The number of benzene rings is 2.